The molecule has 1 aliphatic heterocycles. The molecule has 1 saturated heterocycles. The highest BCUT2D eigenvalue weighted by Gasteiger charge is 2.19. The fraction of sp³-hybridized carbons (Fsp3) is 0.438. The summed E-state index contributed by atoms with van der Waals surface area (Å²) < 4.78 is 5.23. The van der Waals surface area contributed by atoms with Crippen molar-refractivity contribution in [2.75, 3.05) is 33.2 Å². The summed E-state index contributed by atoms with van der Waals surface area (Å²) in [5, 5.41) is 3.97. The zero-order chi connectivity index (χ0) is 15.4. The number of likely N-dealkylation sites (N-methyl/N-ethyl adjacent to an activating group) is 1. The van der Waals surface area contributed by atoms with E-state index in [0.29, 0.717) is 24.6 Å². The lowest BCUT2D eigenvalue weighted by Gasteiger charge is -2.32. The maximum absolute atomic E-state index is 12.2. The summed E-state index contributed by atoms with van der Waals surface area (Å²) in [6.45, 7) is 3.47. The Morgan fingerprint density at radius 1 is 1.18 bits per heavy atom. The van der Waals surface area contributed by atoms with Crippen LogP contribution in [0.3, 0.4) is 0 Å². The van der Waals surface area contributed by atoms with E-state index in [1.165, 1.54) is 0 Å². The molecule has 6 nitrogen and oxygen atoms in total. The number of aryl methyl sites for hydroxylation is 1. The van der Waals surface area contributed by atoms with Crippen molar-refractivity contribution in [1.29, 1.82) is 0 Å². The van der Waals surface area contributed by atoms with Crippen LogP contribution < -0.4 is 0 Å². The van der Waals surface area contributed by atoms with Gasteiger partial charge >= 0.3 is 0 Å². The predicted molar refractivity (Wildman–Crippen MR) is 82.1 cm³/mol. The van der Waals surface area contributed by atoms with Crippen LogP contribution in [0, 0.1) is 0 Å². The average Bonchev–Trinajstić information content (AvgIpc) is 3.03. The molecule has 0 aliphatic carbocycles. The van der Waals surface area contributed by atoms with Gasteiger partial charge in [0.1, 0.15) is 0 Å². The smallest absolute Gasteiger partial charge is 0.227 e. The molecule has 6 heteroatoms. The normalized spacial score (nSPS) is 16.0. The number of aromatic nitrogens is 2. The molecule has 0 saturated carbocycles. The molecule has 2 aromatic rings. The number of hydrogen-bond acceptors (Lipinski definition) is 5. The molecule has 0 N–H and O–H groups in total. The molecular weight excluding hydrogens is 280 g/mol. The fourth-order valence-corrected chi connectivity index (χ4v) is 2.49. The standard InChI is InChI=1S/C16H20N4O2/c1-19-9-11-20(12-10-19)15(21)8-7-14-17-16(18-22-14)13-5-3-2-4-6-13/h2-6H,7-12H2,1H3. The largest absolute Gasteiger partial charge is 0.340 e. The molecule has 0 unspecified atom stereocenters. The zero-order valence-corrected chi connectivity index (χ0v) is 12.7. The molecule has 1 amide bonds. The molecule has 0 atom stereocenters. The number of carbonyl (C=O) groups excluding carboxylic acids is 1. The molecule has 1 fully saturated rings. The first-order valence-electron chi connectivity index (χ1n) is 7.57. The summed E-state index contributed by atoms with van der Waals surface area (Å²) in [5.41, 5.74) is 0.919. The van der Waals surface area contributed by atoms with Gasteiger partial charge in [-0.15, -0.1) is 0 Å². The number of rotatable bonds is 4. The van der Waals surface area contributed by atoms with Gasteiger partial charge in [-0.3, -0.25) is 4.79 Å². The third kappa shape index (κ3) is 3.51. The third-order valence-electron chi connectivity index (χ3n) is 3.91. The summed E-state index contributed by atoms with van der Waals surface area (Å²) in [7, 11) is 2.07. The molecule has 1 aromatic carbocycles. The van der Waals surface area contributed by atoms with Crippen LogP contribution in [0.4, 0.5) is 0 Å². The number of hydrogen-bond donors (Lipinski definition) is 0. The second kappa shape index (κ2) is 6.70. The van der Waals surface area contributed by atoms with Crippen LogP contribution in [0.2, 0.25) is 0 Å². The van der Waals surface area contributed by atoms with E-state index in [4.69, 9.17) is 4.52 Å². The van der Waals surface area contributed by atoms with E-state index in [-0.39, 0.29) is 5.91 Å². The van der Waals surface area contributed by atoms with Crippen LogP contribution in [0.1, 0.15) is 12.3 Å². The third-order valence-corrected chi connectivity index (χ3v) is 3.91. The Labute approximate surface area is 129 Å². The molecule has 1 aromatic heterocycles. The van der Waals surface area contributed by atoms with Crippen LogP contribution in [0.15, 0.2) is 34.9 Å². The molecule has 1 aliphatic rings. The van der Waals surface area contributed by atoms with Crippen molar-refractivity contribution in [3.05, 3.63) is 36.2 Å². The first-order chi connectivity index (χ1) is 10.7. The van der Waals surface area contributed by atoms with Gasteiger partial charge in [0.15, 0.2) is 0 Å². The van der Waals surface area contributed by atoms with Gasteiger partial charge in [-0.2, -0.15) is 4.98 Å². The Balaban J connectivity index is 1.54. The van der Waals surface area contributed by atoms with Crippen molar-refractivity contribution >= 4 is 5.91 Å². The molecule has 0 spiro atoms. The number of piperazine rings is 1. The van der Waals surface area contributed by atoms with Gasteiger partial charge in [-0.25, -0.2) is 0 Å². The predicted octanol–water partition coefficient (Wildman–Crippen LogP) is 1.44. The Morgan fingerprint density at radius 3 is 2.64 bits per heavy atom. The maximum atomic E-state index is 12.2. The Bertz CT molecular complexity index is 618. The Morgan fingerprint density at radius 2 is 1.91 bits per heavy atom. The van der Waals surface area contributed by atoms with Crippen molar-refractivity contribution in [3.63, 3.8) is 0 Å². The molecule has 0 radical (unpaired) electrons. The number of nitrogens with zero attached hydrogens (tertiary/aromatic N) is 4. The Kier molecular flexibility index (Phi) is 4.48. The molecule has 0 bridgehead atoms. The van der Waals surface area contributed by atoms with Crippen LogP contribution in [0.25, 0.3) is 11.4 Å². The van der Waals surface area contributed by atoms with Crippen LogP contribution in [-0.4, -0.2) is 59.1 Å². The van der Waals surface area contributed by atoms with Crippen LogP contribution in [0.5, 0.6) is 0 Å². The second-order valence-electron chi connectivity index (χ2n) is 5.56. The summed E-state index contributed by atoms with van der Waals surface area (Å²) >= 11 is 0. The highest BCUT2D eigenvalue weighted by molar-refractivity contribution is 5.76. The molecule has 2 heterocycles. The lowest BCUT2D eigenvalue weighted by atomic mass is 10.2. The quantitative estimate of drug-likeness (QED) is 0.855. The van der Waals surface area contributed by atoms with E-state index in [9.17, 15) is 4.79 Å². The summed E-state index contributed by atoms with van der Waals surface area (Å²) in [6, 6.07) is 9.68. The lowest BCUT2D eigenvalue weighted by Crippen LogP contribution is -2.47. The number of benzene rings is 1. The van der Waals surface area contributed by atoms with E-state index in [0.717, 1.165) is 31.7 Å². The SMILES string of the molecule is CN1CCN(C(=O)CCc2nc(-c3ccccc3)no2)CC1. The summed E-state index contributed by atoms with van der Waals surface area (Å²) in [5.74, 6) is 1.25. The van der Waals surface area contributed by atoms with E-state index in [2.05, 4.69) is 22.1 Å². The highest BCUT2D eigenvalue weighted by Crippen LogP contribution is 2.15. The van der Waals surface area contributed by atoms with Gasteiger partial charge in [0.25, 0.3) is 0 Å². The van der Waals surface area contributed by atoms with Gasteiger partial charge in [-0.1, -0.05) is 35.5 Å². The molecular formula is C16H20N4O2. The molecule has 116 valence electrons. The van der Waals surface area contributed by atoms with Crippen molar-refractivity contribution in [3.8, 4) is 11.4 Å². The van der Waals surface area contributed by atoms with Gasteiger partial charge in [0.05, 0.1) is 0 Å². The van der Waals surface area contributed by atoms with E-state index in [1.807, 2.05) is 35.2 Å². The highest BCUT2D eigenvalue weighted by atomic mass is 16.5. The number of amides is 1. The van der Waals surface area contributed by atoms with Crippen molar-refractivity contribution in [2.24, 2.45) is 0 Å². The van der Waals surface area contributed by atoms with Crippen molar-refractivity contribution in [2.45, 2.75) is 12.8 Å². The summed E-state index contributed by atoms with van der Waals surface area (Å²) in [6.07, 6.45) is 0.908. The first kappa shape index (κ1) is 14.7. The molecule has 22 heavy (non-hydrogen) atoms. The van der Waals surface area contributed by atoms with E-state index < -0.39 is 0 Å². The minimum absolute atomic E-state index is 0.160. The van der Waals surface area contributed by atoms with Gasteiger partial charge < -0.3 is 14.3 Å². The van der Waals surface area contributed by atoms with Crippen LogP contribution in [-0.2, 0) is 11.2 Å². The second-order valence-corrected chi connectivity index (χ2v) is 5.56. The van der Waals surface area contributed by atoms with Crippen LogP contribution >= 0.6 is 0 Å². The lowest BCUT2D eigenvalue weighted by molar-refractivity contribution is -0.132. The Hall–Kier alpha value is -2.21. The number of carbonyl (C=O) groups is 1. The first-order valence-corrected chi connectivity index (χ1v) is 7.57. The van der Waals surface area contributed by atoms with Crippen molar-refractivity contribution in [1.82, 2.24) is 19.9 Å². The van der Waals surface area contributed by atoms with Gasteiger partial charge in [-0.05, 0) is 7.05 Å². The minimum atomic E-state index is 0.160. The maximum Gasteiger partial charge on any atom is 0.227 e. The topological polar surface area (TPSA) is 62.5 Å². The summed E-state index contributed by atoms with van der Waals surface area (Å²) in [4.78, 5) is 20.7. The average molecular weight is 300 g/mol. The molecule has 3 rings (SSSR count). The fourth-order valence-electron chi connectivity index (χ4n) is 2.49. The zero-order valence-electron chi connectivity index (χ0n) is 12.7. The van der Waals surface area contributed by atoms with Gasteiger partial charge in [0, 0.05) is 44.6 Å². The van der Waals surface area contributed by atoms with E-state index in [1.54, 1.807) is 0 Å². The van der Waals surface area contributed by atoms with E-state index >= 15 is 0 Å². The van der Waals surface area contributed by atoms with Crippen molar-refractivity contribution < 1.29 is 9.32 Å². The monoisotopic (exact) mass is 300 g/mol. The minimum Gasteiger partial charge on any atom is -0.340 e. The van der Waals surface area contributed by atoms with Gasteiger partial charge in [0.2, 0.25) is 17.6 Å².